The highest BCUT2D eigenvalue weighted by Gasteiger charge is 2.20. The number of fused-ring (bicyclic) bond motifs is 1. The topological polar surface area (TPSA) is 88.4 Å². The number of aromatic nitrogens is 1. The van der Waals surface area contributed by atoms with Crippen LogP contribution in [0.2, 0.25) is 0 Å². The van der Waals surface area contributed by atoms with Gasteiger partial charge in [-0.1, -0.05) is 13.2 Å². The van der Waals surface area contributed by atoms with Gasteiger partial charge < -0.3 is 14.3 Å². The summed E-state index contributed by atoms with van der Waals surface area (Å²) in [6.07, 6.45) is 4.34. The Kier molecular flexibility index (Phi) is 8.49. The van der Waals surface area contributed by atoms with Crippen LogP contribution in [0, 0.1) is 11.8 Å². The van der Waals surface area contributed by atoms with E-state index in [-0.39, 0.29) is 13.2 Å². The number of hydrogen-bond acceptors (Lipinski definition) is 5. The monoisotopic (exact) mass is 362 g/mol. The van der Waals surface area contributed by atoms with E-state index in [1.165, 1.54) is 10.6 Å². The number of hydrogen-bond donors (Lipinski definition) is 1. The summed E-state index contributed by atoms with van der Waals surface area (Å²) >= 11 is 0. The number of halogens is 1. The number of allylic oxidation sites excluding steroid dienone is 5. The van der Waals surface area contributed by atoms with Crippen molar-refractivity contribution >= 4 is 6.08 Å². The molecule has 7 heteroatoms. The summed E-state index contributed by atoms with van der Waals surface area (Å²) < 4.78 is 25.7. The van der Waals surface area contributed by atoms with Crippen LogP contribution in [-0.2, 0) is 17.7 Å². The number of nitrogens with zero attached hydrogens (tertiary/aromatic N) is 2. The van der Waals surface area contributed by atoms with Gasteiger partial charge in [-0.25, -0.2) is 14.4 Å². The van der Waals surface area contributed by atoms with Crippen molar-refractivity contribution in [2.75, 3.05) is 19.8 Å². The fourth-order valence-electron chi connectivity index (χ4n) is 2.44. The first-order valence-electron chi connectivity index (χ1n) is 8.04. The summed E-state index contributed by atoms with van der Waals surface area (Å²) in [5, 5.41) is 15.2. The van der Waals surface area contributed by atoms with Crippen molar-refractivity contribution in [2.45, 2.75) is 26.3 Å². The van der Waals surface area contributed by atoms with E-state index in [4.69, 9.17) is 19.5 Å². The van der Waals surface area contributed by atoms with Crippen LogP contribution in [0.15, 0.2) is 51.0 Å². The lowest BCUT2D eigenvalue weighted by atomic mass is 9.94. The highest BCUT2D eigenvalue weighted by Crippen LogP contribution is 2.29. The molecule has 140 valence electrons. The first kappa shape index (κ1) is 21.4. The maximum Gasteiger partial charge on any atom is 0.419 e. The molecule has 1 aromatic rings. The van der Waals surface area contributed by atoms with Gasteiger partial charge in [0.25, 0.3) is 0 Å². The van der Waals surface area contributed by atoms with E-state index in [9.17, 15) is 9.18 Å². The molecule has 2 rings (SSSR count). The molecule has 1 N–H and O–H groups in total. The minimum Gasteiger partial charge on any atom is -0.412 e. The largest absolute Gasteiger partial charge is 0.419 e. The van der Waals surface area contributed by atoms with Crippen molar-refractivity contribution in [1.82, 2.24) is 4.57 Å². The molecule has 0 saturated carbocycles. The molecule has 26 heavy (non-hydrogen) atoms. The number of aliphatic hydroxyl groups excluding tert-OH is 1. The standard InChI is InChI=1S/C18H22FNO4.CHN/c1-12(2)15(19)10-13(3)14-4-5-17-16(11-14)20(18(22)24-17)6-8-23-9-7-21;1-2/h10-11,21H,1,3-9H2,2H3;1H/b15-10+;. The van der Waals surface area contributed by atoms with Crippen molar-refractivity contribution in [2.24, 2.45) is 0 Å². The molecule has 0 atom stereocenters. The van der Waals surface area contributed by atoms with E-state index in [1.54, 1.807) is 13.0 Å². The summed E-state index contributed by atoms with van der Waals surface area (Å²) in [6, 6.07) is 0. The SMILES string of the molecule is C#N.C=C(/C=C(/F)C(=C)C)C1=Cc2c(oc(=O)n2CCOCCO)CC1. The number of aliphatic hydroxyl groups is 1. The van der Waals surface area contributed by atoms with E-state index in [1.807, 2.05) is 0 Å². The van der Waals surface area contributed by atoms with E-state index in [2.05, 4.69) is 19.7 Å². The van der Waals surface area contributed by atoms with Gasteiger partial charge >= 0.3 is 5.76 Å². The number of ether oxygens (including phenoxy) is 1. The Balaban J connectivity index is 0.00000163. The van der Waals surface area contributed by atoms with Gasteiger partial charge in [-0.2, -0.15) is 0 Å². The quantitative estimate of drug-likeness (QED) is 0.567. The normalized spacial score (nSPS) is 13.3. The van der Waals surface area contributed by atoms with E-state index in [0.29, 0.717) is 48.6 Å². The van der Waals surface area contributed by atoms with E-state index >= 15 is 0 Å². The second-order valence-corrected chi connectivity index (χ2v) is 5.63. The zero-order valence-corrected chi connectivity index (χ0v) is 14.8. The summed E-state index contributed by atoms with van der Waals surface area (Å²) in [5.74, 6) is -0.240. The highest BCUT2D eigenvalue weighted by molar-refractivity contribution is 5.62. The Morgan fingerprint density at radius 2 is 2.15 bits per heavy atom. The molecule has 0 bridgehead atoms. The van der Waals surface area contributed by atoms with Gasteiger partial charge in [-0.05, 0) is 42.2 Å². The second-order valence-electron chi connectivity index (χ2n) is 5.63. The first-order valence-corrected chi connectivity index (χ1v) is 8.04. The number of nitriles is 1. The third-order valence-electron chi connectivity index (χ3n) is 3.76. The van der Waals surface area contributed by atoms with Crippen LogP contribution in [0.3, 0.4) is 0 Å². The molecule has 1 aliphatic carbocycles. The number of oxazole rings is 1. The molecule has 0 amide bonds. The second kappa shape index (κ2) is 10.3. The summed E-state index contributed by atoms with van der Waals surface area (Å²) in [4.78, 5) is 12.0. The van der Waals surface area contributed by atoms with Crippen molar-refractivity contribution in [3.63, 3.8) is 0 Å². The van der Waals surface area contributed by atoms with Crippen LogP contribution >= 0.6 is 0 Å². The molecule has 1 aliphatic rings. The van der Waals surface area contributed by atoms with Crippen molar-refractivity contribution in [3.8, 4) is 6.57 Å². The Bertz CT molecular complexity index is 796. The summed E-state index contributed by atoms with van der Waals surface area (Å²) in [5.41, 5.74) is 2.41. The van der Waals surface area contributed by atoms with Gasteiger partial charge in [0.15, 0.2) is 0 Å². The molecule has 1 aromatic heterocycles. The lowest BCUT2D eigenvalue weighted by molar-refractivity contribution is 0.0860. The molecule has 1 heterocycles. The molecule has 0 aromatic carbocycles. The molecular weight excluding hydrogens is 339 g/mol. The Labute approximate surface area is 151 Å². The lowest BCUT2D eigenvalue weighted by Gasteiger charge is -2.14. The van der Waals surface area contributed by atoms with Crippen LogP contribution in [0.5, 0.6) is 0 Å². The zero-order chi connectivity index (χ0) is 19.7. The zero-order valence-electron chi connectivity index (χ0n) is 14.8. The molecule has 0 fully saturated rings. The van der Waals surface area contributed by atoms with Crippen molar-refractivity contribution in [1.29, 1.82) is 5.26 Å². The van der Waals surface area contributed by atoms with Gasteiger partial charge in [-0.3, -0.25) is 4.57 Å². The maximum atomic E-state index is 13.7. The third kappa shape index (κ3) is 5.41. The smallest absolute Gasteiger partial charge is 0.412 e. The van der Waals surface area contributed by atoms with Gasteiger partial charge in [0.2, 0.25) is 0 Å². The van der Waals surface area contributed by atoms with Crippen molar-refractivity contribution < 1.29 is 18.7 Å². The molecular formula is C19H23FN2O4. The summed E-state index contributed by atoms with van der Waals surface area (Å²) in [6.45, 7) is 13.3. The molecule has 0 spiro atoms. The first-order chi connectivity index (χ1) is 12.4. The fourth-order valence-corrected chi connectivity index (χ4v) is 2.44. The van der Waals surface area contributed by atoms with Crippen LogP contribution < -0.4 is 5.76 Å². The van der Waals surface area contributed by atoms with Gasteiger partial charge in [0, 0.05) is 13.0 Å². The average molecular weight is 362 g/mol. The molecule has 0 unspecified atom stereocenters. The van der Waals surface area contributed by atoms with Crippen LogP contribution in [0.4, 0.5) is 4.39 Å². The molecule has 6 nitrogen and oxygen atoms in total. The predicted molar refractivity (Wildman–Crippen MR) is 97.0 cm³/mol. The summed E-state index contributed by atoms with van der Waals surface area (Å²) in [7, 11) is 0. The van der Waals surface area contributed by atoms with E-state index < -0.39 is 11.6 Å². The van der Waals surface area contributed by atoms with E-state index in [0.717, 1.165) is 5.57 Å². The molecule has 0 radical (unpaired) electrons. The van der Waals surface area contributed by atoms with Crippen LogP contribution in [0.25, 0.3) is 6.08 Å². The fraction of sp³-hybridized carbons (Fsp3) is 0.368. The minimum atomic E-state index is -0.445. The third-order valence-corrected chi connectivity index (χ3v) is 3.76. The predicted octanol–water partition coefficient (Wildman–Crippen LogP) is 2.91. The number of aryl methyl sites for hydroxylation is 1. The van der Waals surface area contributed by atoms with Crippen LogP contribution in [-0.4, -0.2) is 29.5 Å². The molecule has 0 aliphatic heterocycles. The van der Waals surface area contributed by atoms with Crippen LogP contribution in [0.1, 0.15) is 24.8 Å². The van der Waals surface area contributed by atoms with Crippen molar-refractivity contribution in [3.05, 3.63) is 63.8 Å². The van der Waals surface area contributed by atoms with Gasteiger partial charge in [-0.15, -0.1) is 0 Å². The lowest BCUT2D eigenvalue weighted by Crippen LogP contribution is -2.20. The number of rotatable bonds is 8. The molecule has 0 saturated heterocycles. The highest BCUT2D eigenvalue weighted by atomic mass is 19.1. The Morgan fingerprint density at radius 1 is 1.46 bits per heavy atom. The van der Waals surface area contributed by atoms with Gasteiger partial charge in [0.05, 0.1) is 32.1 Å². The Morgan fingerprint density at radius 3 is 2.77 bits per heavy atom. The Hall–Kier alpha value is -2.69. The average Bonchev–Trinajstić information content (AvgIpc) is 2.94. The maximum absolute atomic E-state index is 13.7. The van der Waals surface area contributed by atoms with Gasteiger partial charge in [0.1, 0.15) is 11.6 Å². The minimum absolute atomic E-state index is 0.0666.